The molecule has 2 amide bonds. The zero-order chi connectivity index (χ0) is 23.6. The Morgan fingerprint density at radius 3 is 1.64 bits per heavy atom. The van der Waals surface area contributed by atoms with Crippen molar-refractivity contribution in [3.8, 4) is 12.1 Å². The van der Waals surface area contributed by atoms with Gasteiger partial charge in [-0.1, -0.05) is 12.1 Å². The van der Waals surface area contributed by atoms with Crippen LogP contribution in [-0.4, -0.2) is 33.3 Å². The molecular weight excluding hydrogens is 484 g/mol. The van der Waals surface area contributed by atoms with Crippen molar-refractivity contribution < 1.29 is 18.0 Å². The van der Waals surface area contributed by atoms with Crippen LogP contribution in [0.15, 0.2) is 47.2 Å². The fourth-order valence-electron chi connectivity index (χ4n) is 3.17. The highest BCUT2D eigenvalue weighted by Crippen LogP contribution is 2.40. The van der Waals surface area contributed by atoms with E-state index in [0.717, 1.165) is 31.3 Å². The number of rotatable bonds is 6. The minimum absolute atomic E-state index is 0.251. The molecule has 0 atom stereocenters. The van der Waals surface area contributed by atoms with Gasteiger partial charge in [0, 0.05) is 0 Å². The average molecular weight is 499 g/mol. The Morgan fingerprint density at radius 2 is 1.24 bits per heavy atom. The monoisotopic (exact) mass is 498 g/mol. The zero-order valence-corrected chi connectivity index (χ0v) is 19.1. The largest absolute Gasteiger partial charge is 0.327 e. The Kier molecular flexibility index (Phi) is 6.02. The van der Waals surface area contributed by atoms with Crippen LogP contribution in [0.5, 0.6) is 0 Å². The van der Waals surface area contributed by atoms with E-state index in [1.165, 1.54) is 12.1 Å². The molecule has 0 aliphatic carbocycles. The summed E-state index contributed by atoms with van der Waals surface area (Å²) in [5.74, 6) is -1.26. The Morgan fingerprint density at radius 1 is 0.818 bits per heavy atom. The van der Waals surface area contributed by atoms with Crippen molar-refractivity contribution in [2.24, 2.45) is 0 Å². The summed E-state index contributed by atoms with van der Waals surface area (Å²) < 4.78 is 28.4. The zero-order valence-electron chi connectivity index (χ0n) is 16.7. The molecule has 1 aliphatic rings. The fourth-order valence-corrected chi connectivity index (χ4v) is 6.28. The molecule has 3 heterocycles. The molecule has 0 unspecified atom stereocenters. The predicted molar refractivity (Wildman–Crippen MR) is 125 cm³/mol. The lowest BCUT2D eigenvalue weighted by molar-refractivity contribution is -0.115. The third-order valence-corrected chi connectivity index (χ3v) is 8.05. The molecule has 4 rings (SSSR count). The van der Waals surface area contributed by atoms with E-state index in [0.29, 0.717) is 10.0 Å². The fraction of sp³-hybridized carbons (Fsp3) is 0.100. The van der Waals surface area contributed by atoms with Gasteiger partial charge in [0.1, 0.15) is 35.2 Å². The van der Waals surface area contributed by atoms with E-state index in [-0.39, 0.29) is 22.5 Å². The summed E-state index contributed by atoms with van der Waals surface area (Å²) in [5.41, 5.74) is 1.06. The highest BCUT2D eigenvalue weighted by atomic mass is 32.2. The lowest BCUT2D eigenvalue weighted by Crippen LogP contribution is -2.44. The van der Waals surface area contributed by atoms with E-state index in [4.69, 9.17) is 10.5 Å². The molecule has 2 N–H and O–H groups in total. The van der Waals surface area contributed by atoms with Crippen molar-refractivity contribution in [3.63, 3.8) is 0 Å². The molecule has 0 saturated heterocycles. The Bertz CT molecular complexity index is 1330. The number of fused-ring (bicyclic) bond motifs is 1. The molecule has 0 radical (unpaired) electrons. The molecule has 33 heavy (non-hydrogen) atoms. The summed E-state index contributed by atoms with van der Waals surface area (Å²) >= 11 is 2.30. The van der Waals surface area contributed by atoms with Gasteiger partial charge in [0.25, 0.3) is 0 Å². The Hall–Kier alpha value is -3.91. The molecule has 0 fully saturated rings. The van der Waals surface area contributed by atoms with Crippen LogP contribution in [0.3, 0.4) is 0 Å². The number of hydrogen-bond donors (Lipinski definition) is 2. The molecule has 3 aromatic rings. The van der Waals surface area contributed by atoms with Crippen LogP contribution in [0.25, 0.3) is 0 Å². The van der Waals surface area contributed by atoms with Gasteiger partial charge >= 0.3 is 10.2 Å². The molecule has 1 aromatic carbocycles. The van der Waals surface area contributed by atoms with Gasteiger partial charge < -0.3 is 10.6 Å². The Balaban J connectivity index is 1.55. The minimum Gasteiger partial charge on any atom is -0.315 e. The number of carbonyl (C=O) groups is 2. The number of benzene rings is 1. The van der Waals surface area contributed by atoms with Crippen molar-refractivity contribution in [1.82, 2.24) is 0 Å². The summed E-state index contributed by atoms with van der Waals surface area (Å²) in [4.78, 5) is 25.2. The second-order valence-corrected chi connectivity index (χ2v) is 10.3. The maximum Gasteiger partial charge on any atom is 0.327 e. The SMILES string of the molecule is N#Cc1ccsc1NC(=O)CN1c2ccccc2N(CC(=O)Nc2sccc2C#N)S1(=O)=O. The molecular formula is C20H14N6O4S3. The third kappa shape index (κ3) is 4.25. The molecule has 13 heteroatoms. The first kappa shape index (κ1) is 22.3. The number of para-hydroxylation sites is 2. The van der Waals surface area contributed by atoms with E-state index in [2.05, 4.69) is 10.6 Å². The van der Waals surface area contributed by atoms with E-state index >= 15 is 0 Å². The number of nitriles is 2. The molecule has 0 saturated carbocycles. The maximum absolute atomic E-state index is 13.3. The standard InChI is InChI=1S/C20H14N6O4S3/c21-9-13-5-7-31-19(13)23-17(27)11-25-15-3-1-2-4-16(15)26(33(25,29)30)12-18(28)24-20-14(10-22)6-8-32-20/h1-8H,11-12H2,(H,23,27)(H,24,28). The number of anilines is 4. The topological polar surface area (TPSA) is 146 Å². The summed E-state index contributed by atoms with van der Waals surface area (Å²) in [7, 11) is -4.24. The van der Waals surface area contributed by atoms with E-state index in [9.17, 15) is 18.0 Å². The van der Waals surface area contributed by atoms with Gasteiger partial charge in [-0.05, 0) is 35.0 Å². The predicted octanol–water partition coefficient (Wildman–Crippen LogP) is 2.70. The van der Waals surface area contributed by atoms with Crippen LogP contribution in [0, 0.1) is 22.7 Å². The summed E-state index contributed by atoms with van der Waals surface area (Å²) in [5, 5.41) is 27.2. The van der Waals surface area contributed by atoms with Crippen molar-refractivity contribution in [3.05, 3.63) is 58.3 Å². The molecule has 2 aromatic heterocycles. The summed E-state index contributed by atoms with van der Waals surface area (Å²) in [6, 6.07) is 13.3. The Labute approximate surface area is 197 Å². The van der Waals surface area contributed by atoms with Crippen LogP contribution < -0.4 is 19.2 Å². The van der Waals surface area contributed by atoms with Crippen molar-refractivity contribution in [1.29, 1.82) is 10.5 Å². The maximum atomic E-state index is 13.3. The van der Waals surface area contributed by atoms with Crippen molar-refractivity contribution >= 4 is 66.1 Å². The van der Waals surface area contributed by atoms with E-state index < -0.39 is 35.1 Å². The summed E-state index contributed by atoms with van der Waals surface area (Å²) in [6.45, 7) is -1.08. The van der Waals surface area contributed by atoms with Gasteiger partial charge in [-0.3, -0.25) is 9.59 Å². The van der Waals surface area contributed by atoms with Crippen LogP contribution in [0.2, 0.25) is 0 Å². The van der Waals surface area contributed by atoms with Crippen LogP contribution in [-0.2, 0) is 19.8 Å². The van der Waals surface area contributed by atoms with Gasteiger partial charge in [-0.15, -0.1) is 22.7 Å². The van der Waals surface area contributed by atoms with Crippen LogP contribution in [0.4, 0.5) is 21.4 Å². The number of carbonyl (C=O) groups excluding carboxylic acids is 2. The molecule has 10 nitrogen and oxygen atoms in total. The number of hydrogen-bond acceptors (Lipinski definition) is 8. The average Bonchev–Trinajstić information content (AvgIpc) is 3.48. The van der Waals surface area contributed by atoms with Crippen LogP contribution in [0.1, 0.15) is 11.1 Å². The van der Waals surface area contributed by atoms with Crippen LogP contribution >= 0.6 is 22.7 Å². The molecule has 1 aliphatic heterocycles. The summed E-state index contributed by atoms with van der Waals surface area (Å²) in [6.07, 6.45) is 0. The molecule has 0 bridgehead atoms. The molecule has 166 valence electrons. The van der Waals surface area contributed by atoms with Gasteiger partial charge in [0.15, 0.2) is 0 Å². The highest BCUT2D eigenvalue weighted by molar-refractivity contribution is 7.94. The minimum atomic E-state index is -4.24. The lowest BCUT2D eigenvalue weighted by atomic mass is 10.2. The number of nitrogens with zero attached hydrogens (tertiary/aromatic N) is 4. The highest BCUT2D eigenvalue weighted by Gasteiger charge is 2.42. The van der Waals surface area contributed by atoms with Gasteiger partial charge in [-0.2, -0.15) is 18.9 Å². The second-order valence-electron chi connectivity index (χ2n) is 6.66. The van der Waals surface area contributed by atoms with E-state index in [1.54, 1.807) is 35.0 Å². The second kappa shape index (κ2) is 8.91. The quantitative estimate of drug-likeness (QED) is 0.534. The van der Waals surface area contributed by atoms with Gasteiger partial charge in [-0.25, -0.2) is 8.61 Å². The first-order valence-electron chi connectivity index (χ1n) is 9.29. The lowest BCUT2D eigenvalue weighted by Gasteiger charge is -2.21. The normalized spacial score (nSPS) is 13.6. The number of thiophene rings is 2. The van der Waals surface area contributed by atoms with Crippen molar-refractivity contribution in [2.45, 2.75) is 0 Å². The molecule has 0 spiro atoms. The number of nitrogens with one attached hydrogen (secondary N) is 2. The first-order chi connectivity index (χ1) is 15.8. The number of amides is 2. The van der Waals surface area contributed by atoms with E-state index in [1.807, 2.05) is 12.1 Å². The van der Waals surface area contributed by atoms with Gasteiger partial charge in [0.2, 0.25) is 11.8 Å². The van der Waals surface area contributed by atoms with Crippen molar-refractivity contribution in [2.75, 3.05) is 32.3 Å². The third-order valence-electron chi connectivity index (χ3n) is 4.63. The van der Waals surface area contributed by atoms with Gasteiger partial charge in [0.05, 0.1) is 22.5 Å². The smallest absolute Gasteiger partial charge is 0.315 e. The first-order valence-corrected chi connectivity index (χ1v) is 12.4.